The van der Waals surface area contributed by atoms with Gasteiger partial charge < -0.3 is 4.52 Å². The van der Waals surface area contributed by atoms with Gasteiger partial charge in [0.15, 0.2) is 5.76 Å². The highest BCUT2D eigenvalue weighted by atomic mass is 32.2. The van der Waals surface area contributed by atoms with Gasteiger partial charge in [0.25, 0.3) is 0 Å². The van der Waals surface area contributed by atoms with Gasteiger partial charge in [-0.2, -0.15) is 4.31 Å². The molecule has 0 atom stereocenters. The maximum Gasteiger partial charge on any atom is 0.248 e. The summed E-state index contributed by atoms with van der Waals surface area (Å²) < 4.78 is 32.1. The number of hydrogen-bond donors (Lipinski definition) is 0. The fraction of sp³-hybridized carbons (Fsp3) is 0.389. The normalized spacial score (nSPS) is 17.4. The summed E-state index contributed by atoms with van der Waals surface area (Å²) >= 11 is 0. The van der Waals surface area contributed by atoms with E-state index in [0.29, 0.717) is 37.6 Å². The topological polar surface area (TPSA) is 66.7 Å². The Morgan fingerprint density at radius 2 is 1.80 bits per heavy atom. The quantitative estimate of drug-likeness (QED) is 0.818. The molecule has 0 aliphatic carbocycles. The number of aryl methyl sites for hydroxylation is 2. The Balaban J connectivity index is 1.58. The summed E-state index contributed by atoms with van der Waals surface area (Å²) in [5, 5.41) is 3.76. The molecule has 1 aliphatic rings. The van der Waals surface area contributed by atoms with Crippen LogP contribution in [0.15, 0.2) is 45.8 Å². The van der Waals surface area contributed by atoms with Crippen molar-refractivity contribution in [2.75, 3.05) is 32.7 Å². The van der Waals surface area contributed by atoms with Crippen LogP contribution in [0, 0.1) is 13.8 Å². The van der Waals surface area contributed by atoms with Gasteiger partial charge in [-0.05, 0) is 19.4 Å². The second-order valence-corrected chi connectivity index (χ2v) is 8.05. The monoisotopic (exact) mass is 361 g/mol. The van der Waals surface area contributed by atoms with Crippen molar-refractivity contribution < 1.29 is 12.9 Å². The first-order chi connectivity index (χ1) is 12.0. The van der Waals surface area contributed by atoms with Crippen LogP contribution in [0.5, 0.6) is 0 Å². The molecule has 1 aliphatic heterocycles. The van der Waals surface area contributed by atoms with Gasteiger partial charge in [-0.1, -0.05) is 47.6 Å². The van der Waals surface area contributed by atoms with Crippen LogP contribution in [0.25, 0.3) is 6.08 Å². The summed E-state index contributed by atoms with van der Waals surface area (Å²) in [6.07, 6.45) is 4.21. The van der Waals surface area contributed by atoms with E-state index in [-0.39, 0.29) is 4.90 Å². The number of nitrogens with zero attached hydrogens (tertiary/aromatic N) is 3. The van der Waals surface area contributed by atoms with Crippen LogP contribution >= 0.6 is 0 Å². The predicted octanol–water partition coefficient (Wildman–Crippen LogP) is 2.31. The summed E-state index contributed by atoms with van der Waals surface area (Å²) in [6, 6.07) is 10.1. The number of hydrogen-bond acceptors (Lipinski definition) is 5. The van der Waals surface area contributed by atoms with Crippen molar-refractivity contribution in [1.29, 1.82) is 0 Å². The minimum absolute atomic E-state index is 0.213. The Labute approximate surface area is 148 Å². The Kier molecular flexibility index (Phi) is 5.36. The summed E-state index contributed by atoms with van der Waals surface area (Å²) in [5.74, 6) is 0.353. The van der Waals surface area contributed by atoms with E-state index in [4.69, 9.17) is 4.52 Å². The van der Waals surface area contributed by atoms with Gasteiger partial charge in [0.2, 0.25) is 10.0 Å². The molecule has 7 heteroatoms. The van der Waals surface area contributed by atoms with Gasteiger partial charge in [0.1, 0.15) is 10.6 Å². The van der Waals surface area contributed by atoms with Gasteiger partial charge >= 0.3 is 0 Å². The molecule has 0 N–H and O–H groups in total. The minimum Gasteiger partial charge on any atom is -0.360 e. The van der Waals surface area contributed by atoms with Gasteiger partial charge in [0, 0.05) is 32.7 Å². The second kappa shape index (κ2) is 7.51. The zero-order chi connectivity index (χ0) is 17.9. The SMILES string of the molecule is Cc1noc(C)c1S(=O)(=O)N1CCN(CC=Cc2ccccc2)CC1. The molecule has 0 amide bonds. The number of benzene rings is 1. The van der Waals surface area contributed by atoms with Gasteiger partial charge in [0.05, 0.1) is 0 Å². The van der Waals surface area contributed by atoms with Crippen LogP contribution in [-0.4, -0.2) is 55.5 Å². The maximum atomic E-state index is 12.8. The van der Waals surface area contributed by atoms with E-state index in [0.717, 1.165) is 6.54 Å². The maximum absolute atomic E-state index is 12.8. The van der Waals surface area contributed by atoms with Gasteiger partial charge in [-0.15, -0.1) is 0 Å². The van der Waals surface area contributed by atoms with Gasteiger partial charge in [-0.25, -0.2) is 8.42 Å². The van der Waals surface area contributed by atoms with Crippen LogP contribution in [0.2, 0.25) is 0 Å². The highest BCUT2D eigenvalue weighted by molar-refractivity contribution is 7.89. The van der Waals surface area contributed by atoms with Crippen molar-refractivity contribution in [3.63, 3.8) is 0 Å². The number of piperazine rings is 1. The Hall–Kier alpha value is -1.96. The molecule has 1 aromatic heterocycles. The molecule has 25 heavy (non-hydrogen) atoms. The zero-order valence-corrected chi connectivity index (χ0v) is 15.4. The molecule has 0 saturated carbocycles. The Morgan fingerprint density at radius 1 is 1.12 bits per heavy atom. The molecular formula is C18H23N3O3S. The van der Waals surface area contributed by atoms with E-state index >= 15 is 0 Å². The molecule has 2 heterocycles. The van der Waals surface area contributed by atoms with Crippen molar-refractivity contribution in [3.05, 3.63) is 53.4 Å². The number of rotatable bonds is 5. The average Bonchev–Trinajstić information content (AvgIpc) is 2.95. The number of aromatic nitrogens is 1. The van der Waals surface area contributed by atoms with E-state index in [1.54, 1.807) is 13.8 Å². The van der Waals surface area contributed by atoms with E-state index in [9.17, 15) is 8.42 Å². The van der Waals surface area contributed by atoms with E-state index in [1.807, 2.05) is 18.2 Å². The molecule has 3 rings (SSSR count). The summed E-state index contributed by atoms with van der Waals surface area (Å²) in [4.78, 5) is 2.46. The molecule has 0 bridgehead atoms. The molecule has 134 valence electrons. The summed E-state index contributed by atoms with van der Waals surface area (Å²) in [7, 11) is -3.53. The highest BCUT2D eigenvalue weighted by Crippen LogP contribution is 2.24. The molecule has 2 aromatic rings. The van der Waals surface area contributed by atoms with Crippen molar-refractivity contribution in [2.24, 2.45) is 0 Å². The smallest absolute Gasteiger partial charge is 0.248 e. The lowest BCUT2D eigenvalue weighted by molar-refractivity contribution is 0.204. The number of sulfonamides is 1. The second-order valence-electron chi connectivity index (χ2n) is 6.17. The molecule has 0 spiro atoms. The lowest BCUT2D eigenvalue weighted by Gasteiger charge is -2.33. The lowest BCUT2D eigenvalue weighted by atomic mass is 10.2. The standard InChI is InChI=1S/C18H23N3O3S/c1-15-18(16(2)24-19-15)25(22,23)21-13-11-20(12-14-21)10-6-9-17-7-4-3-5-8-17/h3-9H,10-14H2,1-2H3. The van der Waals surface area contributed by atoms with Crippen molar-refractivity contribution in [1.82, 2.24) is 14.4 Å². The minimum atomic E-state index is -3.53. The van der Waals surface area contributed by atoms with Crippen LogP contribution in [0.1, 0.15) is 17.0 Å². The van der Waals surface area contributed by atoms with Crippen molar-refractivity contribution in [3.8, 4) is 0 Å². The first kappa shape index (κ1) is 17.8. The molecule has 1 aromatic carbocycles. The highest BCUT2D eigenvalue weighted by Gasteiger charge is 2.32. The first-order valence-corrected chi connectivity index (χ1v) is 9.79. The van der Waals surface area contributed by atoms with Crippen molar-refractivity contribution >= 4 is 16.1 Å². The summed E-state index contributed by atoms with van der Waals surface area (Å²) in [6.45, 7) is 6.49. The third-order valence-corrected chi connectivity index (χ3v) is 6.51. The first-order valence-electron chi connectivity index (χ1n) is 8.35. The zero-order valence-electron chi connectivity index (χ0n) is 14.6. The Morgan fingerprint density at radius 3 is 2.40 bits per heavy atom. The molecule has 6 nitrogen and oxygen atoms in total. The van der Waals surface area contributed by atoms with Crippen LogP contribution in [0.4, 0.5) is 0 Å². The lowest BCUT2D eigenvalue weighted by Crippen LogP contribution is -2.48. The molecular weight excluding hydrogens is 338 g/mol. The fourth-order valence-corrected chi connectivity index (χ4v) is 4.74. The largest absolute Gasteiger partial charge is 0.360 e. The molecule has 0 radical (unpaired) electrons. The van der Waals surface area contributed by atoms with Gasteiger partial charge in [-0.3, -0.25) is 4.90 Å². The van der Waals surface area contributed by atoms with Crippen LogP contribution in [-0.2, 0) is 10.0 Å². The van der Waals surface area contributed by atoms with E-state index in [1.165, 1.54) is 9.87 Å². The third-order valence-electron chi connectivity index (χ3n) is 4.37. The van der Waals surface area contributed by atoms with Crippen molar-refractivity contribution in [2.45, 2.75) is 18.7 Å². The average molecular weight is 361 g/mol. The van der Waals surface area contributed by atoms with E-state index in [2.05, 4.69) is 34.3 Å². The van der Waals surface area contributed by atoms with Crippen LogP contribution < -0.4 is 0 Å². The molecule has 0 unspecified atom stereocenters. The molecule has 1 fully saturated rings. The van der Waals surface area contributed by atoms with E-state index < -0.39 is 10.0 Å². The summed E-state index contributed by atoms with van der Waals surface area (Å²) in [5.41, 5.74) is 1.59. The van der Waals surface area contributed by atoms with Crippen LogP contribution in [0.3, 0.4) is 0 Å². The molecule has 1 saturated heterocycles. The Bertz CT molecular complexity index is 816. The predicted molar refractivity (Wildman–Crippen MR) is 96.7 cm³/mol. The third kappa shape index (κ3) is 4.00. The fourth-order valence-electron chi connectivity index (χ4n) is 3.03.